The van der Waals surface area contributed by atoms with Crippen LogP contribution >= 0.6 is 11.5 Å². The number of hydrogen-bond donors (Lipinski definition) is 0. The summed E-state index contributed by atoms with van der Waals surface area (Å²) in [6.45, 7) is 2.88. The van der Waals surface area contributed by atoms with Gasteiger partial charge in [0.15, 0.2) is 0 Å². The molecule has 1 aromatic heterocycles. The van der Waals surface area contributed by atoms with Gasteiger partial charge in [0.05, 0.1) is 12.8 Å². The Morgan fingerprint density at radius 3 is 2.27 bits per heavy atom. The number of esters is 3. The number of carbonyl (C=O) groups is 3. The third-order valence-electron chi connectivity index (χ3n) is 4.09. The van der Waals surface area contributed by atoms with Crippen molar-refractivity contribution < 1.29 is 28.6 Å². The van der Waals surface area contributed by atoms with Crippen molar-refractivity contribution in [3.05, 3.63) is 47.0 Å². The first-order valence-electron chi connectivity index (χ1n) is 7.70. The van der Waals surface area contributed by atoms with Gasteiger partial charge in [0.1, 0.15) is 5.92 Å². The fraction of sp³-hybridized carbons (Fsp3) is 0.353. The van der Waals surface area contributed by atoms with E-state index in [2.05, 4.69) is 9.59 Å². The largest absolute Gasteiger partial charge is 0.468 e. The molecule has 1 aliphatic heterocycles. The molecule has 26 heavy (non-hydrogen) atoms. The number of hydrogen-bond acceptors (Lipinski definition) is 9. The molecule has 9 heteroatoms. The lowest BCUT2D eigenvalue weighted by Crippen LogP contribution is -2.60. The van der Waals surface area contributed by atoms with Gasteiger partial charge >= 0.3 is 17.9 Å². The maximum absolute atomic E-state index is 13.1. The Morgan fingerprint density at radius 1 is 1.15 bits per heavy atom. The molecule has 0 bridgehead atoms. The Labute approximate surface area is 153 Å². The van der Waals surface area contributed by atoms with Crippen molar-refractivity contribution >= 4 is 29.4 Å². The smallest absolute Gasteiger partial charge is 0.332 e. The van der Waals surface area contributed by atoms with E-state index in [-0.39, 0.29) is 11.3 Å². The SMILES string of the molecule is COC(=O)C(c1csnn1)C1(c2ccccc2)C(=O)OC(C)(C)OC1=O. The maximum atomic E-state index is 13.1. The van der Waals surface area contributed by atoms with Gasteiger partial charge in [-0.25, -0.2) is 0 Å². The Hall–Kier alpha value is -2.81. The minimum absolute atomic E-state index is 0.124. The van der Waals surface area contributed by atoms with Crippen LogP contribution in [0.4, 0.5) is 0 Å². The lowest BCUT2D eigenvalue weighted by molar-refractivity contribution is -0.245. The van der Waals surface area contributed by atoms with Gasteiger partial charge in [-0.2, -0.15) is 0 Å². The van der Waals surface area contributed by atoms with Crippen LogP contribution in [-0.2, 0) is 34.0 Å². The zero-order chi connectivity index (χ0) is 18.9. The molecule has 1 aliphatic rings. The molecule has 2 aromatic rings. The lowest BCUT2D eigenvalue weighted by Gasteiger charge is -2.42. The average molecular weight is 376 g/mol. The Kier molecular flexibility index (Phi) is 4.49. The number of cyclic esters (lactones) is 2. The van der Waals surface area contributed by atoms with E-state index < -0.39 is 35.0 Å². The van der Waals surface area contributed by atoms with Crippen molar-refractivity contribution in [2.24, 2.45) is 0 Å². The summed E-state index contributed by atoms with van der Waals surface area (Å²) >= 11 is 0.983. The van der Waals surface area contributed by atoms with Crippen LogP contribution in [0, 0.1) is 0 Å². The van der Waals surface area contributed by atoms with Crippen LogP contribution in [0.15, 0.2) is 35.7 Å². The van der Waals surface area contributed by atoms with Crippen molar-refractivity contribution in [3.8, 4) is 0 Å². The molecule has 0 radical (unpaired) electrons. The summed E-state index contributed by atoms with van der Waals surface area (Å²) in [5, 5.41) is 5.37. The molecule has 0 spiro atoms. The van der Waals surface area contributed by atoms with Crippen LogP contribution in [0.2, 0.25) is 0 Å². The number of aromatic nitrogens is 2. The molecule has 8 nitrogen and oxygen atoms in total. The van der Waals surface area contributed by atoms with Crippen LogP contribution in [0.3, 0.4) is 0 Å². The monoisotopic (exact) mass is 376 g/mol. The molecule has 1 fully saturated rings. The van der Waals surface area contributed by atoms with Gasteiger partial charge in [0.25, 0.3) is 5.79 Å². The van der Waals surface area contributed by atoms with E-state index in [0.717, 1.165) is 18.6 Å². The predicted octanol–water partition coefficient (Wildman–Crippen LogP) is 1.57. The second kappa shape index (κ2) is 6.49. The second-order valence-electron chi connectivity index (χ2n) is 6.14. The molecule has 0 amide bonds. The molecule has 0 saturated carbocycles. The molecule has 0 N–H and O–H groups in total. The number of rotatable bonds is 4. The summed E-state index contributed by atoms with van der Waals surface area (Å²) in [7, 11) is 1.16. The topological polar surface area (TPSA) is 105 Å². The van der Waals surface area contributed by atoms with Crippen molar-refractivity contribution in [3.63, 3.8) is 0 Å². The molecule has 1 atom stereocenters. The Bertz CT molecular complexity index is 814. The van der Waals surface area contributed by atoms with Crippen molar-refractivity contribution in [1.29, 1.82) is 0 Å². The number of methoxy groups -OCH3 is 1. The van der Waals surface area contributed by atoms with Gasteiger partial charge in [0, 0.05) is 19.2 Å². The number of nitrogens with zero attached hydrogens (tertiary/aromatic N) is 2. The van der Waals surface area contributed by atoms with E-state index in [0.29, 0.717) is 0 Å². The normalized spacial score (nSPS) is 19.2. The Morgan fingerprint density at radius 2 is 1.77 bits per heavy atom. The first-order chi connectivity index (χ1) is 12.3. The number of carbonyl (C=O) groups excluding carboxylic acids is 3. The predicted molar refractivity (Wildman–Crippen MR) is 89.0 cm³/mol. The van der Waals surface area contributed by atoms with Gasteiger partial charge in [-0.15, -0.1) is 5.10 Å². The number of benzene rings is 1. The fourth-order valence-electron chi connectivity index (χ4n) is 2.99. The molecule has 1 saturated heterocycles. The van der Waals surface area contributed by atoms with Crippen LogP contribution in [0.5, 0.6) is 0 Å². The summed E-state index contributed by atoms with van der Waals surface area (Å²) < 4.78 is 19.3. The van der Waals surface area contributed by atoms with Crippen LogP contribution in [0.1, 0.15) is 31.0 Å². The summed E-state index contributed by atoms with van der Waals surface area (Å²) in [6.07, 6.45) is 0. The zero-order valence-corrected chi connectivity index (χ0v) is 15.1. The van der Waals surface area contributed by atoms with Gasteiger partial charge in [0.2, 0.25) is 5.41 Å². The first kappa shape index (κ1) is 18.0. The van der Waals surface area contributed by atoms with Gasteiger partial charge < -0.3 is 14.2 Å². The van der Waals surface area contributed by atoms with E-state index >= 15 is 0 Å². The van der Waals surface area contributed by atoms with Crippen LogP contribution in [-0.4, -0.2) is 40.4 Å². The van der Waals surface area contributed by atoms with Crippen molar-refractivity contribution in [2.75, 3.05) is 7.11 Å². The van der Waals surface area contributed by atoms with Crippen molar-refractivity contribution in [1.82, 2.24) is 9.59 Å². The maximum Gasteiger partial charge on any atom is 0.332 e. The molecule has 0 aliphatic carbocycles. The summed E-state index contributed by atoms with van der Waals surface area (Å²) in [5.41, 5.74) is -1.71. The molecule has 2 heterocycles. The Balaban J connectivity index is 2.29. The minimum atomic E-state index is -2.08. The summed E-state index contributed by atoms with van der Waals surface area (Å²) in [4.78, 5) is 38.9. The first-order valence-corrected chi connectivity index (χ1v) is 8.54. The lowest BCUT2D eigenvalue weighted by atomic mass is 9.68. The quantitative estimate of drug-likeness (QED) is 0.585. The average Bonchev–Trinajstić information content (AvgIpc) is 3.11. The van der Waals surface area contributed by atoms with Crippen molar-refractivity contribution in [2.45, 2.75) is 31.0 Å². The molecule has 3 rings (SSSR count). The molecule has 1 aromatic carbocycles. The third-order valence-corrected chi connectivity index (χ3v) is 4.62. The van der Waals surface area contributed by atoms with Gasteiger partial charge in [-0.1, -0.05) is 34.8 Å². The molecule has 1 unspecified atom stereocenters. The summed E-state index contributed by atoms with van der Waals surface area (Å²) in [6, 6.07) is 8.11. The highest BCUT2D eigenvalue weighted by molar-refractivity contribution is 7.03. The second-order valence-corrected chi connectivity index (χ2v) is 6.75. The van der Waals surface area contributed by atoms with E-state index in [9.17, 15) is 14.4 Å². The number of ether oxygens (including phenoxy) is 3. The third kappa shape index (κ3) is 2.74. The highest BCUT2D eigenvalue weighted by Gasteiger charge is 2.65. The highest BCUT2D eigenvalue weighted by atomic mass is 32.1. The van der Waals surface area contributed by atoms with Gasteiger partial charge in [-0.3, -0.25) is 14.4 Å². The highest BCUT2D eigenvalue weighted by Crippen LogP contribution is 2.46. The standard InChI is InChI=1S/C17H16N2O6S/c1-16(2)24-14(21)17(15(22)25-16,10-7-5-4-6-8-10)12(13(20)23-3)11-9-26-19-18-11/h4-9,12H,1-3H3. The van der Waals surface area contributed by atoms with E-state index in [1.807, 2.05) is 0 Å². The van der Waals surface area contributed by atoms with E-state index in [4.69, 9.17) is 14.2 Å². The molecular weight excluding hydrogens is 360 g/mol. The van der Waals surface area contributed by atoms with E-state index in [1.54, 1.807) is 30.3 Å². The van der Waals surface area contributed by atoms with Crippen LogP contribution in [0.25, 0.3) is 0 Å². The molecular formula is C17H16N2O6S. The molecule has 136 valence electrons. The van der Waals surface area contributed by atoms with Crippen LogP contribution < -0.4 is 0 Å². The summed E-state index contributed by atoms with van der Waals surface area (Å²) in [5.74, 6) is -5.49. The van der Waals surface area contributed by atoms with Gasteiger partial charge in [-0.05, 0) is 17.1 Å². The fourth-order valence-corrected chi connectivity index (χ4v) is 3.47. The van der Waals surface area contributed by atoms with E-state index in [1.165, 1.54) is 19.2 Å². The minimum Gasteiger partial charge on any atom is -0.468 e. The zero-order valence-electron chi connectivity index (χ0n) is 14.3.